The lowest BCUT2D eigenvalue weighted by Crippen LogP contribution is -2.38. The van der Waals surface area contributed by atoms with E-state index in [4.69, 9.17) is 14.2 Å². The van der Waals surface area contributed by atoms with E-state index in [0.29, 0.717) is 31.1 Å². The van der Waals surface area contributed by atoms with Crippen molar-refractivity contribution in [1.29, 1.82) is 0 Å². The summed E-state index contributed by atoms with van der Waals surface area (Å²) in [5.41, 5.74) is 0.794. The van der Waals surface area contributed by atoms with Gasteiger partial charge in [0.15, 0.2) is 11.5 Å². The van der Waals surface area contributed by atoms with Gasteiger partial charge in [0.1, 0.15) is 0 Å². The van der Waals surface area contributed by atoms with E-state index in [1.165, 1.54) is 0 Å². The normalized spacial score (nSPS) is 16.4. The van der Waals surface area contributed by atoms with Gasteiger partial charge < -0.3 is 24.4 Å². The number of nitrogens with zero attached hydrogens (tertiary/aromatic N) is 1. The van der Waals surface area contributed by atoms with Crippen molar-refractivity contribution in [2.24, 2.45) is 0 Å². The minimum absolute atomic E-state index is 0. The van der Waals surface area contributed by atoms with Crippen LogP contribution in [0.2, 0.25) is 0 Å². The first kappa shape index (κ1) is 20.5. The van der Waals surface area contributed by atoms with Crippen molar-refractivity contribution in [3.05, 3.63) is 18.2 Å². The maximum atomic E-state index is 12.7. The highest BCUT2D eigenvalue weighted by molar-refractivity contribution is 5.94. The van der Waals surface area contributed by atoms with Crippen LogP contribution in [0.1, 0.15) is 19.3 Å². The second-order valence-electron chi connectivity index (χ2n) is 5.57. The van der Waals surface area contributed by atoms with E-state index < -0.39 is 0 Å². The highest BCUT2D eigenvalue weighted by Crippen LogP contribution is 2.32. The molecule has 0 spiro atoms. The number of carbonyl (C=O) groups excluding carboxylic acids is 1. The summed E-state index contributed by atoms with van der Waals surface area (Å²) in [5, 5.41) is 3.37. The molecule has 0 radical (unpaired) electrons. The molecule has 0 bridgehead atoms. The number of methoxy groups -OCH3 is 3. The molecule has 1 aromatic rings. The summed E-state index contributed by atoms with van der Waals surface area (Å²) in [5.74, 6) is 1.35. The van der Waals surface area contributed by atoms with Crippen LogP contribution in [-0.4, -0.2) is 53.0 Å². The lowest BCUT2D eigenvalue weighted by Gasteiger charge is -2.25. The van der Waals surface area contributed by atoms with Gasteiger partial charge in [0.05, 0.1) is 20.8 Å². The monoisotopic (exact) mass is 358 g/mol. The maximum Gasteiger partial charge on any atom is 0.228 e. The molecule has 1 aromatic carbocycles. The minimum atomic E-state index is 0. The molecule has 2 rings (SSSR count). The van der Waals surface area contributed by atoms with Crippen molar-refractivity contribution in [1.82, 2.24) is 5.32 Å². The highest BCUT2D eigenvalue weighted by Gasteiger charge is 2.23. The zero-order valence-electron chi connectivity index (χ0n) is 14.5. The van der Waals surface area contributed by atoms with Gasteiger partial charge in [0.2, 0.25) is 5.91 Å². The topological polar surface area (TPSA) is 60.0 Å². The first-order valence-corrected chi connectivity index (χ1v) is 7.94. The predicted molar refractivity (Wildman–Crippen MR) is 96.7 cm³/mol. The average Bonchev–Trinajstić information content (AvgIpc) is 3.07. The van der Waals surface area contributed by atoms with Crippen LogP contribution in [0.15, 0.2) is 18.2 Å². The van der Waals surface area contributed by atoms with Crippen LogP contribution in [0.25, 0.3) is 0 Å². The summed E-state index contributed by atoms with van der Waals surface area (Å²) >= 11 is 0. The van der Waals surface area contributed by atoms with Gasteiger partial charge in [0.25, 0.3) is 0 Å². The number of anilines is 1. The molecule has 1 saturated heterocycles. The largest absolute Gasteiger partial charge is 0.493 e. The van der Waals surface area contributed by atoms with Crippen LogP contribution in [0.3, 0.4) is 0 Å². The van der Waals surface area contributed by atoms with Gasteiger partial charge in [-0.15, -0.1) is 12.4 Å². The van der Waals surface area contributed by atoms with E-state index in [0.717, 1.165) is 25.1 Å². The Bertz CT molecular complexity index is 521. The van der Waals surface area contributed by atoms with Crippen LogP contribution in [0.5, 0.6) is 11.5 Å². The summed E-state index contributed by atoms with van der Waals surface area (Å²) in [6, 6.07) is 5.79. The summed E-state index contributed by atoms with van der Waals surface area (Å²) < 4.78 is 15.7. The smallest absolute Gasteiger partial charge is 0.228 e. The number of hydrogen-bond acceptors (Lipinski definition) is 5. The van der Waals surface area contributed by atoms with Crippen LogP contribution in [0, 0.1) is 0 Å². The van der Waals surface area contributed by atoms with Gasteiger partial charge in [-0.2, -0.15) is 0 Å². The van der Waals surface area contributed by atoms with Gasteiger partial charge in [-0.1, -0.05) is 0 Å². The summed E-state index contributed by atoms with van der Waals surface area (Å²) in [7, 11) is 4.82. The fraction of sp³-hybridized carbons (Fsp3) is 0.588. The number of halogens is 1. The van der Waals surface area contributed by atoms with E-state index in [2.05, 4.69) is 5.32 Å². The lowest BCUT2D eigenvalue weighted by atomic mass is 10.1. The van der Waals surface area contributed by atoms with Crippen LogP contribution in [-0.2, 0) is 9.53 Å². The van der Waals surface area contributed by atoms with Crippen molar-refractivity contribution < 1.29 is 19.0 Å². The Morgan fingerprint density at radius 3 is 2.58 bits per heavy atom. The molecule has 1 aliphatic heterocycles. The third kappa shape index (κ3) is 5.26. The Morgan fingerprint density at radius 1 is 1.25 bits per heavy atom. The summed E-state index contributed by atoms with van der Waals surface area (Å²) in [6.45, 7) is 1.99. The molecule has 136 valence electrons. The number of ether oxygens (including phenoxy) is 3. The number of nitrogens with one attached hydrogen (secondary N) is 1. The molecule has 1 aliphatic rings. The van der Waals surface area contributed by atoms with E-state index >= 15 is 0 Å². The molecular formula is C17H27ClN2O4. The fourth-order valence-corrected chi connectivity index (χ4v) is 2.83. The highest BCUT2D eigenvalue weighted by atomic mass is 35.5. The number of hydrogen-bond donors (Lipinski definition) is 1. The number of rotatable bonds is 8. The number of carbonyl (C=O) groups is 1. The average molecular weight is 359 g/mol. The van der Waals surface area contributed by atoms with Crippen molar-refractivity contribution in [3.63, 3.8) is 0 Å². The van der Waals surface area contributed by atoms with Crippen LogP contribution >= 0.6 is 12.4 Å². The SMILES string of the molecule is COCCN(C(=O)CC1CCCN1)c1ccc(OC)c(OC)c1.Cl. The zero-order chi connectivity index (χ0) is 16.7. The first-order valence-electron chi connectivity index (χ1n) is 7.94. The number of benzene rings is 1. The molecular weight excluding hydrogens is 332 g/mol. The van der Waals surface area contributed by atoms with E-state index in [-0.39, 0.29) is 24.4 Å². The molecule has 0 aromatic heterocycles. The zero-order valence-corrected chi connectivity index (χ0v) is 15.4. The van der Waals surface area contributed by atoms with E-state index in [9.17, 15) is 4.79 Å². The predicted octanol–water partition coefficient (Wildman–Crippen LogP) is 2.25. The molecule has 24 heavy (non-hydrogen) atoms. The molecule has 1 heterocycles. The molecule has 6 nitrogen and oxygen atoms in total. The van der Waals surface area contributed by atoms with E-state index in [1.807, 2.05) is 18.2 Å². The molecule has 0 saturated carbocycles. The third-order valence-electron chi connectivity index (χ3n) is 4.08. The van der Waals surface area contributed by atoms with Gasteiger partial charge in [-0.05, 0) is 31.5 Å². The Kier molecular flexibility index (Phi) is 8.89. The van der Waals surface area contributed by atoms with Crippen molar-refractivity contribution in [2.45, 2.75) is 25.3 Å². The second-order valence-corrected chi connectivity index (χ2v) is 5.57. The quantitative estimate of drug-likeness (QED) is 0.772. The maximum absolute atomic E-state index is 12.7. The third-order valence-corrected chi connectivity index (χ3v) is 4.08. The molecule has 0 aliphatic carbocycles. The fourth-order valence-electron chi connectivity index (χ4n) is 2.83. The van der Waals surface area contributed by atoms with Crippen LogP contribution < -0.4 is 19.7 Å². The van der Waals surface area contributed by atoms with Crippen molar-refractivity contribution in [2.75, 3.05) is 45.9 Å². The molecule has 7 heteroatoms. The van der Waals surface area contributed by atoms with Crippen LogP contribution in [0.4, 0.5) is 5.69 Å². The minimum Gasteiger partial charge on any atom is -0.493 e. The molecule has 1 fully saturated rings. The Balaban J connectivity index is 0.00000288. The summed E-state index contributed by atoms with van der Waals surface area (Å²) in [6.07, 6.45) is 2.68. The van der Waals surface area contributed by atoms with Crippen molar-refractivity contribution in [3.8, 4) is 11.5 Å². The molecule has 1 amide bonds. The van der Waals surface area contributed by atoms with Crippen molar-refractivity contribution >= 4 is 24.0 Å². The Hall–Kier alpha value is -1.50. The summed E-state index contributed by atoms with van der Waals surface area (Å²) in [4.78, 5) is 14.5. The van der Waals surface area contributed by atoms with E-state index in [1.54, 1.807) is 26.2 Å². The van der Waals surface area contributed by atoms with Gasteiger partial charge >= 0.3 is 0 Å². The second kappa shape index (κ2) is 10.4. The Labute approximate surface area is 149 Å². The number of amides is 1. The first-order chi connectivity index (χ1) is 11.2. The lowest BCUT2D eigenvalue weighted by molar-refractivity contribution is -0.119. The standard InChI is InChI=1S/C17H26N2O4.ClH/c1-21-10-9-19(17(20)11-13-5-4-8-18-13)14-6-7-15(22-2)16(12-14)23-3;/h6-7,12-13,18H,4-5,8-11H2,1-3H3;1H. The van der Waals surface area contributed by atoms with Gasteiger partial charge in [0, 0.05) is 37.9 Å². The Morgan fingerprint density at radius 2 is 2.00 bits per heavy atom. The molecule has 1 atom stereocenters. The van der Waals surface area contributed by atoms with Gasteiger partial charge in [-0.3, -0.25) is 4.79 Å². The molecule has 1 unspecified atom stereocenters. The van der Waals surface area contributed by atoms with Gasteiger partial charge in [-0.25, -0.2) is 0 Å². The molecule has 1 N–H and O–H groups in total.